The van der Waals surface area contributed by atoms with Crippen molar-refractivity contribution >= 4 is 5.91 Å². The summed E-state index contributed by atoms with van der Waals surface area (Å²) in [6.45, 7) is 11.0. The zero-order chi connectivity index (χ0) is 12.2. The average Bonchev–Trinajstić information content (AvgIpc) is 2.31. The lowest BCUT2D eigenvalue weighted by Gasteiger charge is -2.26. The fourth-order valence-corrected chi connectivity index (χ4v) is 1.24. The van der Waals surface area contributed by atoms with E-state index in [0.717, 1.165) is 45.9 Å². The Morgan fingerprint density at radius 1 is 1.38 bits per heavy atom. The van der Waals surface area contributed by atoms with Crippen molar-refractivity contribution in [3.8, 4) is 0 Å². The quantitative estimate of drug-likeness (QED) is 0.651. The molecule has 1 saturated heterocycles. The van der Waals surface area contributed by atoms with E-state index in [2.05, 4.69) is 22.5 Å². The molecule has 0 aromatic heterocycles. The summed E-state index contributed by atoms with van der Waals surface area (Å²) in [6, 6.07) is 0. The third-order valence-electron chi connectivity index (χ3n) is 2.31. The highest BCUT2D eigenvalue weighted by Crippen LogP contribution is 1.94. The Balaban J connectivity index is 0.000000385. The molecule has 1 heterocycles. The summed E-state index contributed by atoms with van der Waals surface area (Å²) < 4.78 is 5.24. The van der Waals surface area contributed by atoms with E-state index in [1.165, 1.54) is 6.92 Å². The maximum Gasteiger partial charge on any atom is 0.216 e. The highest BCUT2D eigenvalue weighted by molar-refractivity contribution is 5.72. The first kappa shape index (κ1) is 15.3. The molecule has 5 heteroatoms. The van der Waals surface area contributed by atoms with Gasteiger partial charge in [-0.2, -0.15) is 0 Å². The Labute approximate surface area is 98.5 Å². The highest BCUT2D eigenvalue weighted by Gasteiger charge is 2.08. The summed E-state index contributed by atoms with van der Waals surface area (Å²) in [4.78, 5) is 12.1. The van der Waals surface area contributed by atoms with Crippen molar-refractivity contribution in [3.05, 3.63) is 0 Å². The summed E-state index contributed by atoms with van der Waals surface area (Å²) >= 11 is 0. The Morgan fingerprint density at radius 3 is 2.38 bits per heavy atom. The van der Waals surface area contributed by atoms with Crippen LogP contribution in [0, 0.1) is 0 Å². The van der Waals surface area contributed by atoms with Crippen molar-refractivity contribution in [1.29, 1.82) is 0 Å². The number of likely N-dealkylation sites (N-methyl/N-ethyl adjacent to an activating group) is 1. The van der Waals surface area contributed by atoms with Gasteiger partial charge in [0.1, 0.15) is 0 Å². The number of amides is 1. The van der Waals surface area contributed by atoms with Gasteiger partial charge in [-0.25, -0.2) is 0 Å². The number of rotatable bonds is 4. The molecule has 5 nitrogen and oxygen atoms in total. The number of hydrogen-bond donors (Lipinski definition) is 2. The zero-order valence-corrected chi connectivity index (χ0v) is 10.7. The van der Waals surface area contributed by atoms with E-state index in [4.69, 9.17) is 4.74 Å². The fraction of sp³-hybridized carbons (Fsp3) is 0.909. The standard InChI is InChI=1S/C8H18N2O.C3H7NO/c1-2-9-3-4-10-5-7-11-8-6-10;1-3(5)4-2/h9H,2-8H2,1H3;1-2H3,(H,4,5). The maximum atomic E-state index is 9.70. The van der Waals surface area contributed by atoms with Gasteiger partial charge in [0.15, 0.2) is 0 Å². The van der Waals surface area contributed by atoms with Gasteiger partial charge in [0.05, 0.1) is 13.2 Å². The second kappa shape index (κ2) is 10.9. The molecule has 96 valence electrons. The monoisotopic (exact) mass is 231 g/mol. The molecule has 1 aliphatic rings. The molecule has 2 N–H and O–H groups in total. The molecule has 0 aromatic carbocycles. The third-order valence-corrected chi connectivity index (χ3v) is 2.31. The Bertz CT molecular complexity index is 171. The largest absolute Gasteiger partial charge is 0.379 e. The predicted molar refractivity (Wildman–Crippen MR) is 65.5 cm³/mol. The van der Waals surface area contributed by atoms with Gasteiger partial charge in [-0.15, -0.1) is 0 Å². The van der Waals surface area contributed by atoms with E-state index in [1.807, 2.05) is 0 Å². The molecule has 0 atom stereocenters. The first-order chi connectivity index (χ1) is 7.70. The first-order valence-corrected chi connectivity index (χ1v) is 5.89. The normalized spacial score (nSPS) is 16.2. The van der Waals surface area contributed by atoms with Crippen LogP contribution in [0.25, 0.3) is 0 Å². The van der Waals surface area contributed by atoms with Crippen LogP contribution in [-0.4, -0.2) is 63.8 Å². The van der Waals surface area contributed by atoms with Crippen LogP contribution in [0.4, 0.5) is 0 Å². The molecule has 16 heavy (non-hydrogen) atoms. The summed E-state index contributed by atoms with van der Waals surface area (Å²) in [6.07, 6.45) is 0. The summed E-state index contributed by atoms with van der Waals surface area (Å²) in [5, 5.41) is 5.70. The number of nitrogens with one attached hydrogen (secondary N) is 2. The number of carbonyl (C=O) groups is 1. The smallest absolute Gasteiger partial charge is 0.216 e. The van der Waals surface area contributed by atoms with Gasteiger partial charge in [-0.05, 0) is 6.54 Å². The second-order valence-corrected chi connectivity index (χ2v) is 3.61. The molecule has 0 spiro atoms. The molecule has 1 fully saturated rings. The number of ether oxygens (including phenoxy) is 1. The summed E-state index contributed by atoms with van der Waals surface area (Å²) in [5.74, 6) is 0.00463. The van der Waals surface area contributed by atoms with Gasteiger partial charge >= 0.3 is 0 Å². The Kier molecular flexibility index (Phi) is 10.4. The second-order valence-electron chi connectivity index (χ2n) is 3.61. The molecule has 0 aromatic rings. The van der Waals surface area contributed by atoms with Gasteiger partial charge in [0, 0.05) is 40.2 Å². The van der Waals surface area contributed by atoms with Crippen LogP contribution in [0.5, 0.6) is 0 Å². The number of morpholine rings is 1. The van der Waals surface area contributed by atoms with Crippen LogP contribution in [0.1, 0.15) is 13.8 Å². The number of carbonyl (C=O) groups excluding carboxylic acids is 1. The van der Waals surface area contributed by atoms with Crippen molar-refractivity contribution < 1.29 is 9.53 Å². The average molecular weight is 231 g/mol. The molecule has 0 aliphatic carbocycles. The molecule has 1 amide bonds. The first-order valence-electron chi connectivity index (χ1n) is 5.89. The van der Waals surface area contributed by atoms with Gasteiger partial charge < -0.3 is 15.4 Å². The van der Waals surface area contributed by atoms with Gasteiger partial charge in [-0.3, -0.25) is 9.69 Å². The minimum Gasteiger partial charge on any atom is -0.379 e. The predicted octanol–water partition coefficient (Wildman–Crippen LogP) is -0.320. The summed E-state index contributed by atoms with van der Waals surface area (Å²) in [5.41, 5.74) is 0. The molecule has 1 rings (SSSR count). The van der Waals surface area contributed by atoms with E-state index in [1.54, 1.807) is 7.05 Å². The third kappa shape index (κ3) is 9.89. The van der Waals surface area contributed by atoms with Gasteiger partial charge in [0.2, 0.25) is 5.91 Å². The van der Waals surface area contributed by atoms with Crippen molar-refractivity contribution in [2.24, 2.45) is 0 Å². The van der Waals surface area contributed by atoms with Gasteiger partial charge in [0.25, 0.3) is 0 Å². The van der Waals surface area contributed by atoms with Crippen molar-refractivity contribution in [3.63, 3.8) is 0 Å². The van der Waals surface area contributed by atoms with Crippen LogP contribution < -0.4 is 10.6 Å². The number of nitrogens with zero attached hydrogens (tertiary/aromatic N) is 1. The van der Waals surface area contributed by atoms with E-state index < -0.39 is 0 Å². The van der Waals surface area contributed by atoms with E-state index in [-0.39, 0.29) is 5.91 Å². The Hall–Kier alpha value is -0.650. The molecule has 0 bridgehead atoms. The molecule has 0 radical (unpaired) electrons. The lowest BCUT2D eigenvalue weighted by Crippen LogP contribution is -2.40. The minimum atomic E-state index is 0.00463. The molecule has 0 unspecified atom stereocenters. The molecular formula is C11H25N3O2. The topological polar surface area (TPSA) is 53.6 Å². The van der Waals surface area contributed by atoms with Crippen LogP contribution in [-0.2, 0) is 9.53 Å². The summed E-state index contributed by atoms with van der Waals surface area (Å²) in [7, 11) is 1.60. The zero-order valence-electron chi connectivity index (χ0n) is 10.7. The van der Waals surface area contributed by atoms with Crippen molar-refractivity contribution in [2.75, 3.05) is 53.0 Å². The van der Waals surface area contributed by atoms with Crippen LogP contribution in [0.15, 0.2) is 0 Å². The minimum absolute atomic E-state index is 0.00463. The van der Waals surface area contributed by atoms with Crippen molar-refractivity contribution in [1.82, 2.24) is 15.5 Å². The van der Waals surface area contributed by atoms with Crippen molar-refractivity contribution in [2.45, 2.75) is 13.8 Å². The Morgan fingerprint density at radius 2 is 1.94 bits per heavy atom. The number of hydrogen-bond acceptors (Lipinski definition) is 4. The van der Waals surface area contributed by atoms with Gasteiger partial charge in [-0.1, -0.05) is 6.92 Å². The van der Waals surface area contributed by atoms with Crippen LogP contribution in [0.2, 0.25) is 0 Å². The SMILES string of the molecule is CCNCCN1CCOCC1.CNC(C)=O. The van der Waals surface area contributed by atoms with E-state index in [0.29, 0.717) is 0 Å². The van der Waals surface area contributed by atoms with Crippen LogP contribution >= 0.6 is 0 Å². The molecule has 1 aliphatic heterocycles. The van der Waals surface area contributed by atoms with Crippen LogP contribution in [0.3, 0.4) is 0 Å². The maximum absolute atomic E-state index is 9.70. The lowest BCUT2D eigenvalue weighted by atomic mass is 10.4. The highest BCUT2D eigenvalue weighted by atomic mass is 16.5. The fourth-order valence-electron chi connectivity index (χ4n) is 1.24. The lowest BCUT2D eigenvalue weighted by molar-refractivity contribution is -0.118. The van der Waals surface area contributed by atoms with E-state index >= 15 is 0 Å². The van der Waals surface area contributed by atoms with E-state index in [9.17, 15) is 4.79 Å². The molecule has 0 saturated carbocycles. The molecular weight excluding hydrogens is 206 g/mol.